The number of nitrogens with one attached hydrogen (secondary N) is 3. The Labute approximate surface area is 162 Å². The van der Waals surface area contributed by atoms with Crippen LogP contribution in [0.5, 0.6) is 17.2 Å². The van der Waals surface area contributed by atoms with Gasteiger partial charge >= 0.3 is 0 Å². The molecule has 0 saturated carbocycles. The van der Waals surface area contributed by atoms with E-state index < -0.39 is 11.9 Å². The van der Waals surface area contributed by atoms with Gasteiger partial charge in [-0.05, 0) is 48.7 Å². The molecule has 0 bridgehead atoms. The molecule has 1 saturated heterocycles. The predicted octanol–water partition coefficient (Wildman–Crippen LogP) is 2.35. The number of hydrazine groups is 1. The number of hydrogen-bond acceptors (Lipinski definition) is 6. The van der Waals surface area contributed by atoms with Crippen molar-refractivity contribution in [1.29, 1.82) is 0 Å². The van der Waals surface area contributed by atoms with Gasteiger partial charge in [-0.25, -0.2) is 15.2 Å². The Kier molecular flexibility index (Phi) is 5.06. The fraction of sp³-hybridized carbons (Fsp3) is 0.350. The summed E-state index contributed by atoms with van der Waals surface area (Å²) < 4.78 is 29.6. The molecule has 3 atom stereocenters. The fourth-order valence-electron chi connectivity index (χ4n) is 3.43. The first-order valence-electron chi connectivity index (χ1n) is 9.09. The number of amides is 1. The fourth-order valence-corrected chi connectivity index (χ4v) is 3.43. The third kappa shape index (κ3) is 3.61. The summed E-state index contributed by atoms with van der Waals surface area (Å²) in [6, 6.07) is 9.65. The highest BCUT2D eigenvalue weighted by Gasteiger charge is 2.31. The third-order valence-electron chi connectivity index (χ3n) is 5.05. The number of rotatable bonds is 5. The van der Waals surface area contributed by atoms with Gasteiger partial charge in [0, 0.05) is 6.04 Å². The van der Waals surface area contributed by atoms with Crippen molar-refractivity contribution in [1.82, 2.24) is 16.2 Å². The number of hydrogen-bond donors (Lipinski definition) is 3. The zero-order valence-corrected chi connectivity index (χ0v) is 15.6. The Hall–Kier alpha value is -2.84. The Balaban J connectivity index is 1.37. The Morgan fingerprint density at radius 3 is 2.82 bits per heavy atom. The van der Waals surface area contributed by atoms with Crippen molar-refractivity contribution in [2.75, 3.05) is 13.9 Å². The molecule has 2 aliphatic heterocycles. The maximum atomic E-state index is 13.9. The van der Waals surface area contributed by atoms with E-state index in [1.54, 1.807) is 12.1 Å². The van der Waals surface area contributed by atoms with Crippen LogP contribution in [0.3, 0.4) is 0 Å². The average Bonchev–Trinajstić information content (AvgIpc) is 3.36. The number of methoxy groups -OCH3 is 1. The first-order chi connectivity index (χ1) is 13.5. The van der Waals surface area contributed by atoms with E-state index in [1.165, 1.54) is 13.2 Å². The molecule has 2 aliphatic rings. The molecule has 28 heavy (non-hydrogen) atoms. The number of ether oxygens (including phenoxy) is 3. The van der Waals surface area contributed by atoms with Gasteiger partial charge in [0.25, 0.3) is 0 Å². The lowest BCUT2D eigenvalue weighted by atomic mass is 10.0. The standard InChI is InChI=1S/C20H22FN3O4/c1-11(12-3-5-17(26-2)14(21)7-12)22-20(25)16-9-15(23-24-16)13-4-6-18-19(8-13)28-10-27-18/h3-8,11,15-16,23-24H,9-10H2,1-2H3,(H,22,25). The lowest BCUT2D eigenvalue weighted by Gasteiger charge is -2.18. The minimum atomic E-state index is -0.454. The zero-order chi connectivity index (χ0) is 19.7. The predicted molar refractivity (Wildman–Crippen MR) is 99.5 cm³/mol. The van der Waals surface area contributed by atoms with Crippen LogP contribution in [0.15, 0.2) is 36.4 Å². The highest BCUT2D eigenvalue weighted by Crippen LogP contribution is 2.35. The summed E-state index contributed by atoms with van der Waals surface area (Å²) >= 11 is 0. The maximum absolute atomic E-state index is 13.9. The normalized spacial score (nSPS) is 21.4. The molecule has 0 aliphatic carbocycles. The van der Waals surface area contributed by atoms with Crippen molar-refractivity contribution in [3.63, 3.8) is 0 Å². The molecule has 3 N–H and O–H groups in total. The smallest absolute Gasteiger partial charge is 0.239 e. The molecule has 8 heteroatoms. The molecule has 0 aromatic heterocycles. The van der Waals surface area contributed by atoms with Crippen LogP contribution >= 0.6 is 0 Å². The van der Waals surface area contributed by atoms with Crippen LogP contribution in [0.2, 0.25) is 0 Å². The van der Waals surface area contributed by atoms with Gasteiger partial charge < -0.3 is 19.5 Å². The highest BCUT2D eigenvalue weighted by atomic mass is 19.1. The molecule has 0 radical (unpaired) electrons. The molecule has 7 nitrogen and oxygen atoms in total. The lowest BCUT2D eigenvalue weighted by Crippen LogP contribution is -2.43. The molecular formula is C20H22FN3O4. The van der Waals surface area contributed by atoms with Gasteiger partial charge in [-0.1, -0.05) is 12.1 Å². The molecule has 148 valence electrons. The first kappa shape index (κ1) is 18.5. The summed E-state index contributed by atoms with van der Waals surface area (Å²) in [5.41, 5.74) is 7.86. The van der Waals surface area contributed by atoms with Crippen LogP contribution in [0.25, 0.3) is 0 Å². The first-order valence-corrected chi connectivity index (χ1v) is 9.09. The molecule has 1 fully saturated rings. The Bertz CT molecular complexity index is 892. The number of halogens is 1. The summed E-state index contributed by atoms with van der Waals surface area (Å²) in [5.74, 6) is 1.01. The van der Waals surface area contributed by atoms with Crippen molar-refractivity contribution >= 4 is 5.91 Å². The van der Waals surface area contributed by atoms with E-state index >= 15 is 0 Å². The number of carbonyl (C=O) groups excluding carboxylic acids is 1. The van der Waals surface area contributed by atoms with Crippen molar-refractivity contribution in [2.45, 2.75) is 31.5 Å². The van der Waals surface area contributed by atoms with Crippen molar-refractivity contribution < 1.29 is 23.4 Å². The van der Waals surface area contributed by atoms with Crippen LogP contribution in [0, 0.1) is 5.82 Å². The van der Waals surface area contributed by atoms with Crippen LogP contribution in [0.4, 0.5) is 4.39 Å². The second kappa shape index (κ2) is 7.65. The summed E-state index contributed by atoms with van der Waals surface area (Å²) in [4.78, 5) is 12.6. The molecule has 3 unspecified atom stereocenters. The largest absolute Gasteiger partial charge is 0.494 e. The molecular weight excluding hydrogens is 365 g/mol. The van der Waals surface area contributed by atoms with E-state index in [4.69, 9.17) is 14.2 Å². The van der Waals surface area contributed by atoms with Gasteiger partial charge in [-0.3, -0.25) is 4.79 Å². The van der Waals surface area contributed by atoms with E-state index in [1.807, 2.05) is 25.1 Å². The van der Waals surface area contributed by atoms with E-state index in [-0.39, 0.29) is 30.5 Å². The molecule has 4 rings (SSSR count). The quantitative estimate of drug-likeness (QED) is 0.731. The van der Waals surface area contributed by atoms with Crippen LogP contribution in [0.1, 0.15) is 36.6 Å². The summed E-state index contributed by atoms with van der Waals surface area (Å²) in [5, 5.41) is 2.92. The van der Waals surface area contributed by atoms with Gasteiger partial charge in [-0.15, -0.1) is 0 Å². The number of benzene rings is 2. The van der Waals surface area contributed by atoms with E-state index in [2.05, 4.69) is 16.2 Å². The van der Waals surface area contributed by atoms with Crippen molar-refractivity contribution in [3.8, 4) is 17.2 Å². The summed E-state index contributed by atoms with van der Waals surface area (Å²) in [6.07, 6.45) is 0.579. The molecule has 2 aromatic carbocycles. The lowest BCUT2D eigenvalue weighted by molar-refractivity contribution is -0.123. The Morgan fingerprint density at radius 2 is 2.04 bits per heavy atom. The number of fused-ring (bicyclic) bond motifs is 1. The Morgan fingerprint density at radius 1 is 1.21 bits per heavy atom. The number of carbonyl (C=O) groups is 1. The van der Waals surface area contributed by atoms with Gasteiger partial charge in [0.15, 0.2) is 23.1 Å². The molecule has 2 aromatic rings. The third-order valence-corrected chi connectivity index (χ3v) is 5.05. The van der Waals surface area contributed by atoms with Crippen LogP contribution in [-0.2, 0) is 4.79 Å². The van der Waals surface area contributed by atoms with Gasteiger partial charge in [0.2, 0.25) is 12.7 Å². The van der Waals surface area contributed by atoms with Crippen LogP contribution < -0.4 is 30.4 Å². The minimum absolute atomic E-state index is 0.0287. The second-order valence-electron chi connectivity index (χ2n) is 6.87. The molecule has 1 amide bonds. The van der Waals surface area contributed by atoms with Gasteiger partial charge in [0.1, 0.15) is 6.04 Å². The molecule has 2 heterocycles. The monoisotopic (exact) mass is 387 g/mol. The van der Waals surface area contributed by atoms with Crippen molar-refractivity contribution in [3.05, 3.63) is 53.3 Å². The maximum Gasteiger partial charge on any atom is 0.239 e. The SMILES string of the molecule is COc1ccc(C(C)NC(=O)C2CC(c3ccc4c(c3)OCO4)NN2)cc1F. The second-order valence-corrected chi connectivity index (χ2v) is 6.87. The van der Waals surface area contributed by atoms with E-state index in [0.717, 1.165) is 11.3 Å². The van der Waals surface area contributed by atoms with E-state index in [0.29, 0.717) is 17.7 Å². The summed E-state index contributed by atoms with van der Waals surface area (Å²) in [7, 11) is 1.42. The minimum Gasteiger partial charge on any atom is -0.494 e. The van der Waals surface area contributed by atoms with Gasteiger partial charge in [0.05, 0.1) is 13.2 Å². The van der Waals surface area contributed by atoms with Crippen molar-refractivity contribution in [2.24, 2.45) is 0 Å². The topological polar surface area (TPSA) is 80.9 Å². The van der Waals surface area contributed by atoms with Gasteiger partial charge in [-0.2, -0.15) is 0 Å². The van der Waals surface area contributed by atoms with E-state index in [9.17, 15) is 9.18 Å². The summed E-state index contributed by atoms with van der Waals surface area (Å²) in [6.45, 7) is 2.04. The van der Waals surface area contributed by atoms with Crippen LogP contribution in [-0.4, -0.2) is 25.9 Å². The molecule has 0 spiro atoms. The zero-order valence-electron chi connectivity index (χ0n) is 15.6. The highest BCUT2D eigenvalue weighted by molar-refractivity contribution is 5.82. The average molecular weight is 387 g/mol.